The van der Waals surface area contributed by atoms with Gasteiger partial charge in [0.15, 0.2) is 5.43 Å². The summed E-state index contributed by atoms with van der Waals surface area (Å²) in [6.07, 6.45) is -0.160. The average Bonchev–Trinajstić information content (AvgIpc) is 2.55. The number of aromatic hydroxyl groups is 1. The zero-order chi connectivity index (χ0) is 19.6. The number of phenolic OH excluding ortho intramolecular Hbond substituents is 1. The Labute approximate surface area is 156 Å². The highest BCUT2D eigenvalue weighted by Crippen LogP contribution is 2.33. The SMILES string of the molecule is CC(C)Oc1cc(OC(C)C)c2c(=O)cc(Oc3ccc(O)cc3)oc2c1. The van der Waals surface area contributed by atoms with Crippen molar-refractivity contribution in [1.82, 2.24) is 0 Å². The summed E-state index contributed by atoms with van der Waals surface area (Å²) in [4.78, 5) is 12.7. The lowest BCUT2D eigenvalue weighted by atomic mass is 10.2. The van der Waals surface area contributed by atoms with Gasteiger partial charge in [-0.1, -0.05) is 0 Å². The lowest BCUT2D eigenvalue weighted by Crippen LogP contribution is -2.11. The Balaban J connectivity index is 2.08. The molecule has 27 heavy (non-hydrogen) atoms. The van der Waals surface area contributed by atoms with E-state index >= 15 is 0 Å². The van der Waals surface area contributed by atoms with Crippen LogP contribution in [0.5, 0.6) is 28.9 Å². The van der Waals surface area contributed by atoms with Crippen molar-refractivity contribution >= 4 is 11.0 Å². The van der Waals surface area contributed by atoms with Gasteiger partial charge in [0.05, 0.1) is 18.3 Å². The second kappa shape index (κ2) is 7.61. The first-order chi connectivity index (χ1) is 12.8. The summed E-state index contributed by atoms with van der Waals surface area (Å²) >= 11 is 0. The quantitative estimate of drug-likeness (QED) is 0.667. The minimum absolute atomic E-state index is 0.0374. The molecule has 0 saturated carbocycles. The molecule has 1 aromatic heterocycles. The summed E-state index contributed by atoms with van der Waals surface area (Å²) in [5.41, 5.74) is 0.0295. The van der Waals surface area contributed by atoms with Gasteiger partial charge in [-0.05, 0) is 52.0 Å². The Morgan fingerprint density at radius 1 is 0.889 bits per heavy atom. The highest BCUT2D eigenvalue weighted by atomic mass is 16.6. The molecular formula is C21H22O6. The molecule has 0 saturated heterocycles. The van der Waals surface area contributed by atoms with Crippen LogP contribution in [-0.4, -0.2) is 17.3 Å². The van der Waals surface area contributed by atoms with E-state index in [1.54, 1.807) is 24.3 Å². The summed E-state index contributed by atoms with van der Waals surface area (Å²) in [7, 11) is 0. The van der Waals surface area contributed by atoms with Crippen molar-refractivity contribution in [3.63, 3.8) is 0 Å². The van der Waals surface area contributed by atoms with Crippen LogP contribution < -0.4 is 19.6 Å². The normalized spacial score (nSPS) is 11.2. The Morgan fingerprint density at radius 3 is 2.19 bits per heavy atom. The topological polar surface area (TPSA) is 78.1 Å². The number of ether oxygens (including phenoxy) is 3. The molecular weight excluding hydrogens is 348 g/mol. The maximum atomic E-state index is 12.7. The van der Waals surface area contributed by atoms with E-state index in [0.717, 1.165) is 0 Å². The maximum absolute atomic E-state index is 12.7. The first-order valence-corrected chi connectivity index (χ1v) is 8.74. The fourth-order valence-corrected chi connectivity index (χ4v) is 2.57. The number of fused-ring (bicyclic) bond motifs is 1. The van der Waals surface area contributed by atoms with E-state index in [2.05, 4.69) is 0 Å². The van der Waals surface area contributed by atoms with Crippen LogP contribution in [0.15, 0.2) is 51.7 Å². The molecule has 0 fully saturated rings. The van der Waals surface area contributed by atoms with Gasteiger partial charge in [0.2, 0.25) is 0 Å². The lowest BCUT2D eigenvalue weighted by molar-refractivity contribution is 0.230. The van der Waals surface area contributed by atoms with Crippen LogP contribution in [0.2, 0.25) is 0 Å². The fraction of sp³-hybridized carbons (Fsp3) is 0.286. The van der Waals surface area contributed by atoms with Gasteiger partial charge in [-0.2, -0.15) is 0 Å². The van der Waals surface area contributed by atoms with Crippen LogP contribution in [0.25, 0.3) is 11.0 Å². The Bertz CT molecular complexity index is 986. The average molecular weight is 370 g/mol. The van der Waals surface area contributed by atoms with Gasteiger partial charge < -0.3 is 23.7 Å². The summed E-state index contributed by atoms with van der Waals surface area (Å²) in [6.45, 7) is 7.58. The van der Waals surface area contributed by atoms with Crippen molar-refractivity contribution in [2.24, 2.45) is 0 Å². The van der Waals surface area contributed by atoms with Crippen LogP contribution in [0.1, 0.15) is 27.7 Å². The highest BCUT2D eigenvalue weighted by Gasteiger charge is 2.16. The molecule has 3 rings (SSSR count). The Kier molecular flexibility index (Phi) is 5.26. The van der Waals surface area contributed by atoms with Crippen molar-refractivity contribution in [2.45, 2.75) is 39.9 Å². The Hall–Kier alpha value is -3.15. The molecule has 0 spiro atoms. The van der Waals surface area contributed by atoms with E-state index in [0.29, 0.717) is 28.2 Å². The van der Waals surface area contributed by atoms with Gasteiger partial charge in [0, 0.05) is 12.1 Å². The first kappa shape index (κ1) is 18.6. The van der Waals surface area contributed by atoms with Crippen molar-refractivity contribution < 1.29 is 23.7 Å². The van der Waals surface area contributed by atoms with Crippen molar-refractivity contribution in [1.29, 1.82) is 0 Å². The third-order valence-corrected chi connectivity index (χ3v) is 3.54. The molecule has 1 heterocycles. The van der Waals surface area contributed by atoms with Gasteiger partial charge in [0.1, 0.15) is 34.0 Å². The van der Waals surface area contributed by atoms with Gasteiger partial charge in [-0.3, -0.25) is 4.79 Å². The van der Waals surface area contributed by atoms with Crippen LogP contribution >= 0.6 is 0 Å². The van der Waals surface area contributed by atoms with Crippen molar-refractivity contribution in [2.75, 3.05) is 0 Å². The second-order valence-electron chi connectivity index (χ2n) is 6.65. The molecule has 2 aromatic carbocycles. The predicted octanol–water partition coefficient (Wildman–Crippen LogP) is 4.87. The van der Waals surface area contributed by atoms with Crippen molar-refractivity contribution in [3.05, 3.63) is 52.7 Å². The predicted molar refractivity (Wildman–Crippen MR) is 102 cm³/mol. The van der Waals surface area contributed by atoms with Crippen LogP contribution in [0.3, 0.4) is 0 Å². The molecule has 0 amide bonds. The number of hydrogen-bond donors (Lipinski definition) is 1. The minimum atomic E-state index is -0.281. The molecule has 0 aliphatic carbocycles. The third-order valence-electron chi connectivity index (χ3n) is 3.54. The molecule has 0 radical (unpaired) electrons. The molecule has 3 aromatic rings. The van der Waals surface area contributed by atoms with E-state index in [1.807, 2.05) is 27.7 Å². The minimum Gasteiger partial charge on any atom is -0.508 e. The lowest BCUT2D eigenvalue weighted by Gasteiger charge is -2.16. The van der Waals surface area contributed by atoms with E-state index in [9.17, 15) is 9.90 Å². The smallest absolute Gasteiger partial charge is 0.294 e. The molecule has 6 nitrogen and oxygen atoms in total. The second-order valence-corrected chi connectivity index (χ2v) is 6.65. The highest BCUT2D eigenvalue weighted by molar-refractivity contribution is 5.85. The third kappa shape index (κ3) is 4.53. The number of hydrogen-bond acceptors (Lipinski definition) is 6. The standard InChI is InChI=1S/C21H22O6/c1-12(2)24-16-9-18(25-13(3)4)21-17(23)11-20(27-19(21)10-16)26-15-7-5-14(22)6-8-15/h5-13,22H,1-4H3. The number of phenols is 1. The van der Waals surface area contributed by atoms with Crippen molar-refractivity contribution in [3.8, 4) is 28.9 Å². The van der Waals surface area contributed by atoms with Gasteiger partial charge in [-0.25, -0.2) is 0 Å². The molecule has 1 N–H and O–H groups in total. The summed E-state index contributed by atoms with van der Waals surface area (Å²) in [6, 6.07) is 10.7. The van der Waals surface area contributed by atoms with Gasteiger partial charge >= 0.3 is 0 Å². The van der Waals surface area contributed by atoms with E-state index in [-0.39, 0.29) is 29.3 Å². The molecule has 0 atom stereocenters. The number of benzene rings is 2. The summed E-state index contributed by atoms with van der Waals surface area (Å²) in [5.74, 6) is 1.54. The maximum Gasteiger partial charge on any atom is 0.294 e. The zero-order valence-corrected chi connectivity index (χ0v) is 15.7. The molecule has 0 aliphatic heterocycles. The van der Waals surface area contributed by atoms with Crippen LogP contribution in [-0.2, 0) is 0 Å². The van der Waals surface area contributed by atoms with Gasteiger partial charge in [0.25, 0.3) is 5.95 Å². The molecule has 142 valence electrons. The molecule has 6 heteroatoms. The zero-order valence-electron chi connectivity index (χ0n) is 15.7. The van der Waals surface area contributed by atoms with Crippen LogP contribution in [0.4, 0.5) is 0 Å². The van der Waals surface area contributed by atoms with E-state index < -0.39 is 0 Å². The molecule has 0 bridgehead atoms. The van der Waals surface area contributed by atoms with Crippen LogP contribution in [0, 0.1) is 0 Å². The van der Waals surface area contributed by atoms with E-state index in [1.165, 1.54) is 18.2 Å². The Morgan fingerprint density at radius 2 is 1.56 bits per heavy atom. The first-order valence-electron chi connectivity index (χ1n) is 8.74. The largest absolute Gasteiger partial charge is 0.508 e. The molecule has 0 aliphatic rings. The summed E-state index contributed by atoms with van der Waals surface area (Å²) in [5, 5.41) is 9.69. The fourth-order valence-electron chi connectivity index (χ4n) is 2.57. The number of rotatable bonds is 6. The van der Waals surface area contributed by atoms with Gasteiger partial charge in [-0.15, -0.1) is 0 Å². The molecule has 0 unspecified atom stereocenters. The summed E-state index contributed by atoms with van der Waals surface area (Å²) < 4.78 is 22.9. The van der Waals surface area contributed by atoms with E-state index in [4.69, 9.17) is 18.6 Å². The monoisotopic (exact) mass is 370 g/mol.